The Labute approximate surface area is 84.5 Å². The van der Waals surface area contributed by atoms with Gasteiger partial charge in [-0.05, 0) is 38.2 Å². The third-order valence-electron chi connectivity index (χ3n) is 2.48. The van der Waals surface area contributed by atoms with E-state index in [1.807, 2.05) is 0 Å². The van der Waals surface area contributed by atoms with Crippen molar-refractivity contribution in [2.75, 3.05) is 14.1 Å². The Morgan fingerprint density at radius 3 is 2.79 bits per heavy atom. The monoisotopic (exact) mass is 188 g/mol. The van der Waals surface area contributed by atoms with Crippen LogP contribution in [0.25, 0.3) is 10.9 Å². The number of hydrogen-bond donors (Lipinski definition) is 1. The molecule has 0 fully saturated rings. The highest BCUT2D eigenvalue weighted by Gasteiger charge is 2.05. The van der Waals surface area contributed by atoms with Crippen LogP contribution in [-0.2, 0) is 6.54 Å². The minimum atomic E-state index is 0.996. The van der Waals surface area contributed by atoms with Gasteiger partial charge in [0, 0.05) is 23.6 Å². The van der Waals surface area contributed by atoms with Crippen LogP contribution in [-0.4, -0.2) is 24.0 Å². The van der Waals surface area contributed by atoms with Crippen molar-refractivity contribution in [3.05, 3.63) is 35.5 Å². The molecule has 0 spiro atoms. The minimum absolute atomic E-state index is 0.996. The van der Waals surface area contributed by atoms with Gasteiger partial charge in [0.05, 0.1) is 0 Å². The molecule has 0 radical (unpaired) electrons. The standard InChI is InChI=1S/C12H16N2/c1-9-7-13-11-6-4-5-10(12(9)11)8-14(2)3/h4-7,13H,8H2,1-3H3. The zero-order valence-corrected chi connectivity index (χ0v) is 8.96. The van der Waals surface area contributed by atoms with Gasteiger partial charge in [-0.1, -0.05) is 12.1 Å². The Hall–Kier alpha value is -1.28. The molecule has 2 heteroatoms. The summed E-state index contributed by atoms with van der Waals surface area (Å²) < 4.78 is 0. The van der Waals surface area contributed by atoms with E-state index in [1.54, 1.807) is 0 Å². The van der Waals surface area contributed by atoms with Gasteiger partial charge in [0.2, 0.25) is 0 Å². The highest BCUT2D eigenvalue weighted by molar-refractivity contribution is 5.86. The van der Waals surface area contributed by atoms with Crippen molar-refractivity contribution in [3.63, 3.8) is 0 Å². The first kappa shape index (κ1) is 9.28. The molecular weight excluding hydrogens is 172 g/mol. The minimum Gasteiger partial charge on any atom is -0.361 e. The molecule has 0 amide bonds. The van der Waals surface area contributed by atoms with Crippen LogP contribution in [0.4, 0.5) is 0 Å². The summed E-state index contributed by atoms with van der Waals surface area (Å²) in [5.74, 6) is 0. The molecule has 2 nitrogen and oxygen atoms in total. The lowest BCUT2D eigenvalue weighted by molar-refractivity contribution is 0.404. The van der Waals surface area contributed by atoms with Crippen molar-refractivity contribution >= 4 is 10.9 Å². The number of aryl methyl sites for hydroxylation is 1. The first-order chi connectivity index (χ1) is 6.68. The maximum Gasteiger partial charge on any atom is 0.0459 e. The molecule has 1 N–H and O–H groups in total. The molecule has 0 atom stereocenters. The summed E-state index contributed by atoms with van der Waals surface area (Å²) in [5, 5.41) is 1.38. The van der Waals surface area contributed by atoms with Gasteiger partial charge in [0.15, 0.2) is 0 Å². The zero-order valence-electron chi connectivity index (χ0n) is 8.96. The molecule has 0 bridgehead atoms. The molecule has 1 aromatic heterocycles. The largest absolute Gasteiger partial charge is 0.361 e. The number of hydrogen-bond acceptors (Lipinski definition) is 1. The summed E-state index contributed by atoms with van der Waals surface area (Å²) in [6.07, 6.45) is 2.07. The van der Waals surface area contributed by atoms with Crippen LogP contribution in [0, 0.1) is 6.92 Å². The first-order valence-electron chi connectivity index (χ1n) is 4.89. The quantitative estimate of drug-likeness (QED) is 0.767. The van der Waals surface area contributed by atoms with Gasteiger partial charge in [0.1, 0.15) is 0 Å². The second kappa shape index (κ2) is 3.46. The van der Waals surface area contributed by atoms with Gasteiger partial charge in [-0.2, -0.15) is 0 Å². The molecule has 14 heavy (non-hydrogen) atoms. The first-order valence-corrected chi connectivity index (χ1v) is 4.89. The molecule has 2 rings (SSSR count). The fourth-order valence-electron chi connectivity index (χ4n) is 1.92. The number of H-pyrrole nitrogens is 1. The van der Waals surface area contributed by atoms with Crippen molar-refractivity contribution in [2.45, 2.75) is 13.5 Å². The van der Waals surface area contributed by atoms with Gasteiger partial charge >= 0.3 is 0 Å². The third-order valence-corrected chi connectivity index (χ3v) is 2.48. The van der Waals surface area contributed by atoms with Crippen LogP contribution < -0.4 is 0 Å². The Morgan fingerprint density at radius 1 is 1.29 bits per heavy atom. The van der Waals surface area contributed by atoms with Crippen LogP contribution >= 0.6 is 0 Å². The Morgan fingerprint density at radius 2 is 2.07 bits per heavy atom. The zero-order chi connectivity index (χ0) is 10.1. The number of nitrogens with one attached hydrogen (secondary N) is 1. The molecule has 0 aliphatic carbocycles. The second-order valence-corrected chi connectivity index (χ2v) is 4.05. The van der Waals surface area contributed by atoms with Gasteiger partial charge in [0.25, 0.3) is 0 Å². The van der Waals surface area contributed by atoms with Crippen LogP contribution in [0.2, 0.25) is 0 Å². The molecule has 0 unspecified atom stereocenters. The number of nitrogens with zero attached hydrogens (tertiary/aromatic N) is 1. The highest BCUT2D eigenvalue weighted by Crippen LogP contribution is 2.22. The van der Waals surface area contributed by atoms with Crippen LogP contribution in [0.1, 0.15) is 11.1 Å². The number of rotatable bonds is 2. The molecular formula is C12H16N2. The van der Waals surface area contributed by atoms with E-state index in [0.717, 1.165) is 6.54 Å². The Balaban J connectivity index is 2.57. The molecule has 0 saturated heterocycles. The fourth-order valence-corrected chi connectivity index (χ4v) is 1.92. The molecule has 0 aliphatic rings. The van der Waals surface area contributed by atoms with E-state index >= 15 is 0 Å². The lowest BCUT2D eigenvalue weighted by Crippen LogP contribution is -2.10. The molecule has 0 saturated carbocycles. The Kier molecular flexibility index (Phi) is 2.30. The van der Waals surface area contributed by atoms with E-state index in [2.05, 4.69) is 55.3 Å². The summed E-state index contributed by atoms with van der Waals surface area (Å²) >= 11 is 0. The topological polar surface area (TPSA) is 19.0 Å². The fraction of sp³-hybridized carbons (Fsp3) is 0.333. The third kappa shape index (κ3) is 1.53. The maximum absolute atomic E-state index is 3.28. The van der Waals surface area contributed by atoms with E-state index < -0.39 is 0 Å². The van der Waals surface area contributed by atoms with Crippen LogP contribution in [0.5, 0.6) is 0 Å². The van der Waals surface area contributed by atoms with Gasteiger partial charge < -0.3 is 9.88 Å². The van der Waals surface area contributed by atoms with Crippen molar-refractivity contribution in [1.82, 2.24) is 9.88 Å². The van der Waals surface area contributed by atoms with E-state index in [1.165, 1.54) is 22.0 Å². The Bertz CT molecular complexity index is 441. The highest BCUT2D eigenvalue weighted by atomic mass is 15.0. The van der Waals surface area contributed by atoms with E-state index in [-0.39, 0.29) is 0 Å². The van der Waals surface area contributed by atoms with Crippen molar-refractivity contribution in [1.29, 1.82) is 0 Å². The lowest BCUT2D eigenvalue weighted by Gasteiger charge is -2.11. The van der Waals surface area contributed by atoms with Crippen molar-refractivity contribution in [2.24, 2.45) is 0 Å². The van der Waals surface area contributed by atoms with E-state index in [9.17, 15) is 0 Å². The van der Waals surface area contributed by atoms with Crippen molar-refractivity contribution < 1.29 is 0 Å². The van der Waals surface area contributed by atoms with Gasteiger partial charge in [-0.15, -0.1) is 0 Å². The van der Waals surface area contributed by atoms with E-state index in [4.69, 9.17) is 0 Å². The summed E-state index contributed by atoms with van der Waals surface area (Å²) in [5.41, 5.74) is 3.96. The molecule has 2 aromatic rings. The summed E-state index contributed by atoms with van der Waals surface area (Å²) in [6, 6.07) is 6.43. The normalized spacial score (nSPS) is 11.4. The lowest BCUT2D eigenvalue weighted by atomic mass is 10.1. The number of benzene rings is 1. The van der Waals surface area contributed by atoms with Crippen LogP contribution in [0.15, 0.2) is 24.4 Å². The predicted molar refractivity (Wildman–Crippen MR) is 60.4 cm³/mol. The summed E-state index contributed by atoms with van der Waals surface area (Å²) in [7, 11) is 4.20. The average Bonchev–Trinajstić information content (AvgIpc) is 2.48. The van der Waals surface area contributed by atoms with Crippen LogP contribution in [0.3, 0.4) is 0 Å². The smallest absolute Gasteiger partial charge is 0.0459 e. The molecule has 1 aromatic carbocycles. The maximum atomic E-state index is 3.28. The predicted octanol–water partition coefficient (Wildman–Crippen LogP) is 2.54. The summed E-state index contributed by atoms with van der Waals surface area (Å²) in [4.78, 5) is 5.48. The van der Waals surface area contributed by atoms with Gasteiger partial charge in [-0.3, -0.25) is 0 Å². The van der Waals surface area contributed by atoms with Gasteiger partial charge in [-0.25, -0.2) is 0 Å². The van der Waals surface area contributed by atoms with E-state index in [0.29, 0.717) is 0 Å². The molecule has 1 heterocycles. The number of aromatic nitrogens is 1. The molecule has 74 valence electrons. The van der Waals surface area contributed by atoms with Crippen molar-refractivity contribution in [3.8, 4) is 0 Å². The molecule has 0 aliphatic heterocycles. The summed E-state index contributed by atoms with van der Waals surface area (Å²) in [6.45, 7) is 3.15. The number of aromatic amines is 1. The SMILES string of the molecule is Cc1c[nH]c2cccc(CN(C)C)c12. The average molecular weight is 188 g/mol. The number of fused-ring (bicyclic) bond motifs is 1. The second-order valence-electron chi connectivity index (χ2n) is 4.05.